The molecule has 0 radical (unpaired) electrons. The number of carboxylic acid groups (broad SMARTS) is 1. The average Bonchev–Trinajstić information content (AvgIpc) is 3.20. The second kappa shape index (κ2) is 21.8. The van der Waals surface area contributed by atoms with Crippen molar-refractivity contribution in [3.8, 4) is 5.75 Å². The first-order valence-corrected chi connectivity index (χ1v) is 20.9. The van der Waals surface area contributed by atoms with Crippen molar-refractivity contribution in [2.45, 2.75) is 88.5 Å². The summed E-state index contributed by atoms with van der Waals surface area (Å²) in [5, 5.41) is 19.8. The maximum absolute atomic E-state index is 14.0. The number of nitrogens with one attached hydrogen (secondary N) is 4. The lowest BCUT2D eigenvalue weighted by molar-refractivity contribution is -0.139. The third-order valence-electron chi connectivity index (χ3n) is 8.94. The lowest BCUT2D eigenvalue weighted by atomic mass is 9.84. The molecule has 330 valence electrons. The highest BCUT2D eigenvalue weighted by molar-refractivity contribution is 8.00. The first kappa shape index (κ1) is 48.1. The monoisotopic (exact) mass is 869 g/mol. The van der Waals surface area contributed by atoms with Crippen LogP contribution in [0, 0.1) is 0 Å². The van der Waals surface area contributed by atoms with Gasteiger partial charge in [-0.05, 0) is 82.3 Å². The van der Waals surface area contributed by atoms with Gasteiger partial charge >= 0.3 is 24.2 Å². The van der Waals surface area contributed by atoms with E-state index in [9.17, 15) is 33.9 Å². The number of carboxylic acids is 1. The second-order valence-electron chi connectivity index (χ2n) is 16.2. The number of carbonyl (C=O) groups is 6. The topological polar surface area (TPSA) is 224 Å². The highest BCUT2D eigenvalue weighted by Gasteiger charge is 2.39. The van der Waals surface area contributed by atoms with Crippen molar-refractivity contribution in [2.75, 3.05) is 12.3 Å². The van der Waals surface area contributed by atoms with Crippen molar-refractivity contribution >= 4 is 47.8 Å². The van der Waals surface area contributed by atoms with Gasteiger partial charge in [0.05, 0.1) is 4.75 Å². The van der Waals surface area contributed by atoms with Crippen molar-refractivity contribution in [1.29, 1.82) is 0 Å². The van der Waals surface area contributed by atoms with Crippen molar-refractivity contribution in [3.63, 3.8) is 0 Å². The van der Waals surface area contributed by atoms with E-state index in [-0.39, 0.29) is 30.9 Å². The Labute approximate surface area is 365 Å². The number of alkyl carbamates (subject to hydrolysis) is 2. The summed E-state index contributed by atoms with van der Waals surface area (Å²) < 4.78 is 15.1. The fourth-order valence-corrected chi connectivity index (χ4v) is 7.78. The number of thioether (sulfide) groups is 1. The Morgan fingerprint density at radius 1 is 0.613 bits per heavy atom. The van der Waals surface area contributed by atoms with Crippen molar-refractivity contribution in [3.05, 3.63) is 138 Å². The predicted molar refractivity (Wildman–Crippen MR) is 236 cm³/mol. The SMILES string of the molecule is CC(C)(C)OC(=O)NCC[C@H](NC(=O)Oc1ccc(C[C@H](NC(=O)OC(C)(C)C)C(=O)O)cc1)C(=O)N[C@@H](CSC(c1ccccc1)(c1ccccc1)c1ccccc1)C(N)=O. The summed E-state index contributed by atoms with van der Waals surface area (Å²) in [6.07, 6.45) is -2.90. The zero-order chi connectivity index (χ0) is 45.5. The number of primary amides is 1. The molecule has 0 aliphatic rings. The fourth-order valence-electron chi connectivity index (χ4n) is 6.20. The molecular weight excluding hydrogens is 815 g/mol. The van der Waals surface area contributed by atoms with Crippen LogP contribution in [0.5, 0.6) is 5.75 Å². The molecule has 7 N–H and O–H groups in total. The van der Waals surface area contributed by atoms with Crippen LogP contribution in [0.3, 0.4) is 0 Å². The highest BCUT2D eigenvalue weighted by atomic mass is 32.2. The van der Waals surface area contributed by atoms with Gasteiger partial charge in [0.25, 0.3) is 0 Å². The molecule has 3 atom stereocenters. The Kier molecular flexibility index (Phi) is 16.9. The van der Waals surface area contributed by atoms with Crippen LogP contribution in [0.4, 0.5) is 14.4 Å². The minimum absolute atomic E-state index is 0.0233. The highest BCUT2D eigenvalue weighted by Crippen LogP contribution is 2.48. The molecule has 4 aromatic rings. The summed E-state index contributed by atoms with van der Waals surface area (Å²) in [7, 11) is 0. The number of carbonyl (C=O) groups excluding carboxylic acids is 5. The van der Waals surface area contributed by atoms with Gasteiger partial charge in [0.15, 0.2) is 0 Å². The molecule has 0 aliphatic carbocycles. The number of nitrogens with two attached hydrogens (primary N) is 1. The first-order valence-electron chi connectivity index (χ1n) is 19.9. The molecule has 4 aromatic carbocycles. The molecular formula is C46H55N5O10S. The summed E-state index contributed by atoms with van der Waals surface area (Å²) in [4.78, 5) is 76.9. The lowest BCUT2D eigenvalue weighted by Gasteiger charge is -2.36. The quantitative estimate of drug-likeness (QED) is 0.0611. The molecule has 0 aliphatic heterocycles. The van der Waals surface area contributed by atoms with E-state index in [2.05, 4.69) is 21.3 Å². The number of ether oxygens (including phenoxy) is 3. The third kappa shape index (κ3) is 14.9. The normalized spacial score (nSPS) is 13.0. The van der Waals surface area contributed by atoms with E-state index in [1.165, 1.54) is 36.0 Å². The Bertz CT molecular complexity index is 2030. The molecule has 0 heterocycles. The summed E-state index contributed by atoms with van der Waals surface area (Å²) in [5.74, 6) is -2.78. The van der Waals surface area contributed by atoms with Crippen LogP contribution in [0.2, 0.25) is 0 Å². The van der Waals surface area contributed by atoms with Crippen molar-refractivity contribution < 1.29 is 48.1 Å². The van der Waals surface area contributed by atoms with E-state index in [4.69, 9.17) is 19.9 Å². The van der Waals surface area contributed by atoms with E-state index in [0.717, 1.165) is 16.7 Å². The van der Waals surface area contributed by atoms with E-state index in [1.807, 2.05) is 91.0 Å². The summed E-state index contributed by atoms with van der Waals surface area (Å²) >= 11 is 1.41. The zero-order valence-corrected chi connectivity index (χ0v) is 36.5. The van der Waals surface area contributed by atoms with Gasteiger partial charge in [-0.15, -0.1) is 11.8 Å². The van der Waals surface area contributed by atoms with E-state index in [0.29, 0.717) is 5.56 Å². The molecule has 5 amide bonds. The number of aliphatic carboxylic acids is 1. The van der Waals surface area contributed by atoms with Gasteiger partial charge in [-0.1, -0.05) is 103 Å². The van der Waals surface area contributed by atoms with Crippen LogP contribution in [0.1, 0.15) is 70.2 Å². The van der Waals surface area contributed by atoms with E-state index >= 15 is 0 Å². The lowest BCUT2D eigenvalue weighted by Crippen LogP contribution is -2.55. The standard InChI is InChI=1S/C46H55N5O10S/c1-44(2,3)60-41(56)48-27-26-35(50-42(57)59-34-24-22-30(23-25-34)28-36(40(54)55)51-43(58)61-45(4,5)6)39(53)49-37(38(47)52)29-62-46(31-16-10-7-11-17-31,32-18-12-8-13-19-32)33-20-14-9-15-21-33/h7-25,35-37H,26-29H2,1-6H3,(H2,47,52)(H,48,56)(H,49,53)(H,50,57)(H,51,58)(H,54,55)/t35-,36-,37-/m0/s1. The average molecular weight is 870 g/mol. The Hall–Kier alpha value is -6.55. The predicted octanol–water partition coefficient (Wildman–Crippen LogP) is 6.27. The maximum Gasteiger partial charge on any atom is 0.413 e. The van der Waals surface area contributed by atoms with E-state index < -0.39 is 70.1 Å². The van der Waals surface area contributed by atoms with Gasteiger partial charge in [0.1, 0.15) is 35.1 Å². The van der Waals surface area contributed by atoms with Crippen LogP contribution in [-0.4, -0.2) is 82.8 Å². The third-order valence-corrected chi connectivity index (χ3v) is 10.6. The molecule has 16 heteroatoms. The van der Waals surface area contributed by atoms with Crippen LogP contribution in [-0.2, 0) is 35.0 Å². The van der Waals surface area contributed by atoms with Gasteiger partial charge in [-0.2, -0.15) is 0 Å². The Balaban J connectivity index is 1.53. The molecule has 0 saturated carbocycles. The Morgan fingerprint density at radius 3 is 1.53 bits per heavy atom. The minimum Gasteiger partial charge on any atom is -0.480 e. The molecule has 0 unspecified atom stereocenters. The largest absolute Gasteiger partial charge is 0.480 e. The molecule has 0 aromatic heterocycles. The smallest absolute Gasteiger partial charge is 0.413 e. The van der Waals surface area contributed by atoms with Gasteiger partial charge in [-0.3, -0.25) is 9.59 Å². The van der Waals surface area contributed by atoms with Crippen LogP contribution in [0.25, 0.3) is 0 Å². The minimum atomic E-state index is -1.33. The van der Waals surface area contributed by atoms with Crippen LogP contribution < -0.4 is 31.7 Å². The first-order chi connectivity index (χ1) is 29.3. The molecule has 0 spiro atoms. The molecule has 4 rings (SSSR count). The number of benzene rings is 4. The van der Waals surface area contributed by atoms with Crippen molar-refractivity contribution in [2.24, 2.45) is 5.73 Å². The number of hydrogen-bond acceptors (Lipinski definition) is 10. The number of hydrogen-bond donors (Lipinski definition) is 6. The number of rotatable bonds is 18. The molecule has 62 heavy (non-hydrogen) atoms. The maximum atomic E-state index is 14.0. The molecule has 0 fully saturated rings. The number of amides is 5. The molecule has 0 bridgehead atoms. The summed E-state index contributed by atoms with van der Waals surface area (Å²) in [5.41, 5.74) is 7.60. The Morgan fingerprint density at radius 2 is 1.08 bits per heavy atom. The van der Waals surface area contributed by atoms with Gasteiger partial charge in [-0.25, -0.2) is 19.2 Å². The van der Waals surface area contributed by atoms with Gasteiger partial charge in [0, 0.05) is 18.7 Å². The van der Waals surface area contributed by atoms with Crippen LogP contribution >= 0.6 is 11.8 Å². The van der Waals surface area contributed by atoms with Gasteiger partial charge in [0.2, 0.25) is 11.8 Å². The second-order valence-corrected chi connectivity index (χ2v) is 17.5. The molecule has 15 nitrogen and oxygen atoms in total. The molecule has 0 saturated heterocycles. The van der Waals surface area contributed by atoms with Gasteiger partial charge < -0.3 is 46.3 Å². The summed E-state index contributed by atoms with van der Waals surface area (Å²) in [6, 6.07) is 31.3. The fraction of sp³-hybridized carbons (Fsp3) is 0.348. The zero-order valence-electron chi connectivity index (χ0n) is 35.6. The summed E-state index contributed by atoms with van der Waals surface area (Å²) in [6.45, 7) is 9.94. The van der Waals surface area contributed by atoms with Crippen LogP contribution in [0.15, 0.2) is 115 Å². The van der Waals surface area contributed by atoms with Crippen molar-refractivity contribution in [1.82, 2.24) is 21.3 Å². The van der Waals surface area contributed by atoms with E-state index in [1.54, 1.807) is 41.5 Å².